The number of nitrogens with zero attached hydrogens (tertiary/aromatic N) is 1. The van der Waals surface area contributed by atoms with Gasteiger partial charge in [0.1, 0.15) is 9.96 Å². The summed E-state index contributed by atoms with van der Waals surface area (Å²) in [5, 5.41) is 5.77. The van der Waals surface area contributed by atoms with Crippen LogP contribution >= 0.6 is 11.3 Å². The number of nitrogens with one attached hydrogen (secondary N) is 2. The number of hydrogen-bond donors (Lipinski definition) is 2. The van der Waals surface area contributed by atoms with E-state index in [-0.39, 0.29) is 41.5 Å². The van der Waals surface area contributed by atoms with Crippen LogP contribution in [0, 0.1) is 0 Å². The van der Waals surface area contributed by atoms with Gasteiger partial charge in [-0.05, 0) is 61.4 Å². The Bertz CT molecular complexity index is 1580. The molecule has 0 aliphatic carbocycles. The van der Waals surface area contributed by atoms with Crippen LogP contribution < -0.4 is 15.4 Å². The van der Waals surface area contributed by atoms with Gasteiger partial charge in [0.05, 0.1) is 18.6 Å². The predicted octanol–water partition coefficient (Wildman–Crippen LogP) is 4.25. The van der Waals surface area contributed by atoms with Crippen molar-refractivity contribution >= 4 is 42.8 Å². The van der Waals surface area contributed by atoms with Gasteiger partial charge in [-0.2, -0.15) is 17.5 Å². The van der Waals surface area contributed by atoms with Gasteiger partial charge in [0.2, 0.25) is 0 Å². The predicted molar refractivity (Wildman–Crippen MR) is 144 cm³/mol. The maximum absolute atomic E-state index is 13.2. The molecule has 1 aromatic heterocycles. The zero-order chi connectivity index (χ0) is 29.1. The lowest BCUT2D eigenvalue weighted by Gasteiger charge is -2.31. The number of rotatable bonds is 9. The smallest absolute Gasteiger partial charge is 0.497 e. The van der Waals surface area contributed by atoms with E-state index in [0.717, 1.165) is 23.5 Å². The average Bonchev–Trinajstić information content (AvgIpc) is 3.42. The van der Waals surface area contributed by atoms with Crippen LogP contribution in [0.15, 0.2) is 69.8 Å². The topological polar surface area (TPSA) is 122 Å². The Morgan fingerprint density at radius 3 is 2.40 bits per heavy atom. The molecule has 9 nitrogen and oxygen atoms in total. The number of carbonyl (C=O) groups is 1. The number of piperidine rings is 1. The van der Waals surface area contributed by atoms with Crippen molar-refractivity contribution in [3.8, 4) is 5.75 Å². The van der Waals surface area contributed by atoms with Crippen molar-refractivity contribution in [2.24, 2.45) is 0 Å². The minimum Gasteiger partial charge on any atom is -0.497 e. The number of anilines is 1. The molecule has 3 aromatic rings. The molecule has 40 heavy (non-hydrogen) atoms. The number of ether oxygens (including phenoxy) is 1. The van der Waals surface area contributed by atoms with Crippen LogP contribution in [-0.4, -0.2) is 58.8 Å². The third-order valence-corrected chi connectivity index (χ3v) is 11.2. The quantitative estimate of drug-likeness (QED) is 0.368. The highest BCUT2D eigenvalue weighted by atomic mass is 32.2. The van der Waals surface area contributed by atoms with Gasteiger partial charge in [-0.25, -0.2) is 16.8 Å². The Kier molecular flexibility index (Phi) is 8.77. The molecule has 0 bridgehead atoms. The van der Waals surface area contributed by atoms with Crippen molar-refractivity contribution in [2.75, 3.05) is 25.5 Å². The van der Waals surface area contributed by atoms with E-state index in [1.807, 2.05) is 0 Å². The molecular formula is C25H26F3N3O6S3. The lowest BCUT2D eigenvalue weighted by Crippen LogP contribution is -2.42. The van der Waals surface area contributed by atoms with Crippen LogP contribution in [0.3, 0.4) is 0 Å². The Balaban J connectivity index is 1.33. The number of carbonyl (C=O) groups excluding carboxylic acids is 1. The summed E-state index contributed by atoms with van der Waals surface area (Å²) in [6.07, 6.45) is 0.731. The number of methoxy groups -OCH3 is 1. The minimum atomic E-state index is -5.48. The molecule has 0 unspecified atom stereocenters. The van der Waals surface area contributed by atoms with Crippen LogP contribution in [0.2, 0.25) is 0 Å². The monoisotopic (exact) mass is 617 g/mol. The number of thiophene rings is 1. The summed E-state index contributed by atoms with van der Waals surface area (Å²) >= 11 is 1.05. The Hall–Kier alpha value is -3.14. The Morgan fingerprint density at radius 1 is 1.02 bits per heavy atom. The first-order chi connectivity index (χ1) is 18.8. The highest BCUT2D eigenvalue weighted by Crippen LogP contribution is 2.32. The summed E-state index contributed by atoms with van der Waals surface area (Å²) in [6.45, 7) is 0.478. The van der Waals surface area contributed by atoms with Gasteiger partial charge in [-0.3, -0.25) is 4.79 Å². The van der Waals surface area contributed by atoms with Crippen LogP contribution in [0.5, 0.6) is 5.75 Å². The summed E-state index contributed by atoms with van der Waals surface area (Å²) in [5.41, 5.74) is -4.80. The van der Waals surface area contributed by atoms with Gasteiger partial charge < -0.3 is 15.4 Å². The molecule has 0 saturated carbocycles. The van der Waals surface area contributed by atoms with E-state index in [0.29, 0.717) is 29.0 Å². The Labute approximate surface area is 233 Å². The first-order valence-electron chi connectivity index (χ1n) is 12.0. The van der Waals surface area contributed by atoms with E-state index in [1.165, 1.54) is 29.6 Å². The molecule has 1 aliphatic rings. The molecule has 4 rings (SSSR count). The molecule has 2 N–H and O–H groups in total. The van der Waals surface area contributed by atoms with E-state index >= 15 is 0 Å². The maximum atomic E-state index is 13.2. The lowest BCUT2D eigenvalue weighted by molar-refractivity contribution is -0.0436. The Morgan fingerprint density at radius 2 is 1.73 bits per heavy atom. The SMILES string of the molecule is COc1cccc(C(=O)NCc2ccc(S(=O)(=O)N3CCC(Nc4cccc(S(=O)(=O)C(F)(F)F)c4)CC3)s2)c1. The molecule has 1 aliphatic heterocycles. The largest absolute Gasteiger partial charge is 0.501 e. The van der Waals surface area contributed by atoms with E-state index < -0.39 is 30.3 Å². The number of sulfone groups is 1. The molecule has 0 radical (unpaired) electrons. The summed E-state index contributed by atoms with van der Waals surface area (Å²) in [4.78, 5) is 12.2. The summed E-state index contributed by atoms with van der Waals surface area (Å²) < 4.78 is 95.0. The summed E-state index contributed by atoms with van der Waals surface area (Å²) in [5.74, 6) is 0.215. The minimum absolute atomic E-state index is 0.134. The van der Waals surface area contributed by atoms with Crippen molar-refractivity contribution in [1.29, 1.82) is 0 Å². The number of benzene rings is 2. The van der Waals surface area contributed by atoms with Crippen molar-refractivity contribution < 1.29 is 39.5 Å². The van der Waals surface area contributed by atoms with Crippen molar-refractivity contribution in [3.63, 3.8) is 0 Å². The highest BCUT2D eigenvalue weighted by molar-refractivity contribution is 7.92. The second-order valence-corrected chi connectivity index (χ2v) is 14.2. The zero-order valence-electron chi connectivity index (χ0n) is 21.1. The highest BCUT2D eigenvalue weighted by Gasteiger charge is 2.47. The second kappa shape index (κ2) is 11.8. The fraction of sp³-hybridized carbons (Fsp3) is 0.320. The van der Waals surface area contributed by atoms with Gasteiger partial charge in [0, 0.05) is 35.3 Å². The molecule has 0 atom stereocenters. The first kappa shape index (κ1) is 29.8. The zero-order valence-corrected chi connectivity index (χ0v) is 23.6. The first-order valence-corrected chi connectivity index (χ1v) is 15.7. The summed E-state index contributed by atoms with van der Waals surface area (Å²) in [7, 11) is -7.77. The standard InChI is InChI=1S/C25H26F3N3O6S3/c1-37-20-6-2-4-17(14-20)24(32)29-16-21-8-9-23(38-21)40(35,36)31-12-10-18(11-13-31)30-19-5-3-7-22(15-19)39(33,34)25(26,27)28/h2-9,14-15,18,30H,10-13,16H2,1H3,(H,29,32). The van der Waals surface area contributed by atoms with Gasteiger partial charge in [-0.1, -0.05) is 12.1 Å². The molecule has 1 fully saturated rings. The fourth-order valence-corrected chi connectivity index (χ4v) is 7.84. The van der Waals surface area contributed by atoms with Gasteiger partial charge in [0.25, 0.3) is 25.8 Å². The maximum Gasteiger partial charge on any atom is 0.501 e. The van der Waals surface area contributed by atoms with E-state index in [4.69, 9.17) is 4.74 Å². The molecule has 15 heteroatoms. The molecular weight excluding hydrogens is 591 g/mol. The molecule has 2 heterocycles. The van der Waals surface area contributed by atoms with Crippen molar-refractivity contribution in [3.05, 3.63) is 71.1 Å². The van der Waals surface area contributed by atoms with E-state index in [1.54, 1.807) is 30.3 Å². The van der Waals surface area contributed by atoms with Crippen molar-refractivity contribution in [2.45, 2.75) is 40.0 Å². The molecule has 1 amide bonds. The molecule has 216 valence electrons. The number of sulfonamides is 1. The number of alkyl halides is 3. The van der Waals surface area contributed by atoms with Gasteiger partial charge >= 0.3 is 5.51 Å². The lowest BCUT2D eigenvalue weighted by atomic mass is 10.1. The van der Waals surface area contributed by atoms with Crippen LogP contribution in [0.25, 0.3) is 0 Å². The summed E-state index contributed by atoms with van der Waals surface area (Å²) in [6, 6.07) is 14.0. The number of amides is 1. The second-order valence-electron chi connectivity index (χ2n) is 8.94. The van der Waals surface area contributed by atoms with Crippen LogP contribution in [0.1, 0.15) is 28.1 Å². The normalized spacial score (nSPS) is 15.5. The molecule has 0 spiro atoms. The number of hydrogen-bond acceptors (Lipinski definition) is 8. The third kappa shape index (κ3) is 6.59. The number of halogens is 3. The van der Waals surface area contributed by atoms with E-state index in [2.05, 4.69) is 10.6 Å². The van der Waals surface area contributed by atoms with Gasteiger partial charge in [0.15, 0.2) is 0 Å². The third-order valence-electron chi connectivity index (χ3n) is 6.26. The van der Waals surface area contributed by atoms with Crippen LogP contribution in [0.4, 0.5) is 18.9 Å². The molecule has 2 aromatic carbocycles. The van der Waals surface area contributed by atoms with Crippen LogP contribution in [-0.2, 0) is 26.4 Å². The molecule has 1 saturated heterocycles. The fourth-order valence-electron chi connectivity index (χ4n) is 4.12. The average molecular weight is 618 g/mol. The van der Waals surface area contributed by atoms with Gasteiger partial charge in [-0.15, -0.1) is 11.3 Å². The van der Waals surface area contributed by atoms with Crippen molar-refractivity contribution in [1.82, 2.24) is 9.62 Å². The van der Waals surface area contributed by atoms with E-state index in [9.17, 15) is 34.8 Å².